The van der Waals surface area contributed by atoms with Gasteiger partial charge in [-0.1, -0.05) is 12.1 Å². The molecule has 36 heavy (non-hydrogen) atoms. The number of ether oxygens (including phenoxy) is 2. The Morgan fingerprint density at radius 1 is 1.08 bits per heavy atom. The third-order valence-electron chi connectivity index (χ3n) is 7.27. The van der Waals surface area contributed by atoms with Gasteiger partial charge < -0.3 is 25.4 Å². The minimum Gasteiger partial charge on any atom is -0.381 e. The lowest BCUT2D eigenvalue weighted by Gasteiger charge is -2.24. The van der Waals surface area contributed by atoms with E-state index in [-0.39, 0.29) is 12.0 Å². The minimum absolute atomic E-state index is 0.00287. The lowest BCUT2D eigenvalue weighted by molar-refractivity contribution is 0.0903. The van der Waals surface area contributed by atoms with Crippen LogP contribution in [0.1, 0.15) is 54.4 Å². The summed E-state index contributed by atoms with van der Waals surface area (Å²) < 4.78 is 13.2. The van der Waals surface area contributed by atoms with E-state index in [9.17, 15) is 4.79 Å². The van der Waals surface area contributed by atoms with E-state index < -0.39 is 0 Å². The first-order valence-corrected chi connectivity index (χ1v) is 13.1. The summed E-state index contributed by atoms with van der Waals surface area (Å²) in [5, 5.41) is 14.9. The number of hydrogen-bond acceptors (Lipinski definition) is 7. The van der Waals surface area contributed by atoms with Crippen molar-refractivity contribution in [2.45, 2.75) is 63.6 Å². The molecule has 0 spiro atoms. The number of aryl methyl sites for hydroxylation is 1. The molecule has 1 atom stereocenters. The fraction of sp³-hybridized carbons (Fsp3) is 0.519. The van der Waals surface area contributed by atoms with Gasteiger partial charge >= 0.3 is 0 Å². The Kier molecular flexibility index (Phi) is 6.50. The largest absolute Gasteiger partial charge is 0.381 e. The van der Waals surface area contributed by atoms with Gasteiger partial charge in [0.2, 0.25) is 0 Å². The molecule has 190 valence electrons. The monoisotopic (exact) mass is 490 g/mol. The number of aromatic nitrogens is 3. The van der Waals surface area contributed by atoms with E-state index in [1.807, 2.05) is 35.8 Å². The zero-order chi connectivity index (χ0) is 24.5. The van der Waals surface area contributed by atoms with Gasteiger partial charge in [-0.3, -0.25) is 4.79 Å². The molecule has 1 aromatic carbocycles. The second-order valence-corrected chi connectivity index (χ2v) is 10.1. The van der Waals surface area contributed by atoms with Crippen LogP contribution in [0.25, 0.3) is 16.8 Å². The molecule has 3 fully saturated rings. The fourth-order valence-corrected chi connectivity index (χ4v) is 5.02. The average Bonchev–Trinajstić information content (AvgIpc) is 3.36. The first kappa shape index (κ1) is 23.2. The van der Waals surface area contributed by atoms with Crippen LogP contribution in [-0.4, -0.2) is 65.1 Å². The van der Waals surface area contributed by atoms with Crippen LogP contribution >= 0.6 is 0 Å². The van der Waals surface area contributed by atoms with Gasteiger partial charge in [-0.15, -0.1) is 0 Å². The van der Waals surface area contributed by atoms with Gasteiger partial charge in [-0.25, -0.2) is 4.98 Å². The molecule has 3 aromatic rings. The fourth-order valence-electron chi connectivity index (χ4n) is 5.02. The topological polar surface area (TPSA) is 102 Å². The molecule has 0 bridgehead atoms. The van der Waals surface area contributed by atoms with Crippen molar-refractivity contribution in [1.29, 1.82) is 0 Å². The van der Waals surface area contributed by atoms with Crippen molar-refractivity contribution in [2.24, 2.45) is 0 Å². The predicted molar refractivity (Wildman–Crippen MR) is 139 cm³/mol. The van der Waals surface area contributed by atoms with E-state index in [0.29, 0.717) is 12.1 Å². The standard InChI is InChI=1S/C27H34N6O3/c1-17-13-18(4-7-22(17)27(34)31-19-5-6-19)23-16-29-33-25(28-15-21-3-2-10-36-21)14-24(32-26(23)33)30-20-8-11-35-12-9-20/h4,7,13-14,16,19-21,28H,2-3,5-6,8-12,15H2,1H3,(H,30,32)(H,31,34)/t21-/m1/s1. The average molecular weight is 491 g/mol. The van der Waals surface area contributed by atoms with Gasteiger partial charge in [-0.05, 0) is 62.6 Å². The maximum absolute atomic E-state index is 12.6. The first-order valence-electron chi connectivity index (χ1n) is 13.1. The van der Waals surface area contributed by atoms with Crippen molar-refractivity contribution >= 4 is 23.2 Å². The number of amides is 1. The lowest BCUT2D eigenvalue weighted by Crippen LogP contribution is -2.28. The summed E-state index contributed by atoms with van der Waals surface area (Å²) in [7, 11) is 0. The molecule has 0 radical (unpaired) electrons. The van der Waals surface area contributed by atoms with Crippen molar-refractivity contribution in [2.75, 3.05) is 37.0 Å². The van der Waals surface area contributed by atoms with Crippen molar-refractivity contribution in [3.8, 4) is 11.1 Å². The number of fused-ring (bicyclic) bond motifs is 1. The number of anilines is 2. The molecule has 4 heterocycles. The number of hydrogen-bond donors (Lipinski definition) is 3. The van der Waals surface area contributed by atoms with E-state index in [4.69, 9.17) is 14.5 Å². The number of carbonyl (C=O) groups excluding carboxylic acids is 1. The highest BCUT2D eigenvalue weighted by atomic mass is 16.5. The van der Waals surface area contributed by atoms with Crippen LogP contribution in [0.4, 0.5) is 11.6 Å². The maximum atomic E-state index is 12.6. The second-order valence-electron chi connectivity index (χ2n) is 10.1. The molecular formula is C27H34N6O3. The Morgan fingerprint density at radius 2 is 1.94 bits per heavy atom. The molecule has 1 aliphatic carbocycles. The third-order valence-corrected chi connectivity index (χ3v) is 7.27. The molecule has 2 saturated heterocycles. The number of nitrogens with zero attached hydrogens (tertiary/aromatic N) is 3. The normalized spacial score (nSPS) is 20.5. The molecule has 1 amide bonds. The molecule has 9 nitrogen and oxygen atoms in total. The van der Waals surface area contributed by atoms with Crippen molar-refractivity contribution in [3.63, 3.8) is 0 Å². The number of benzene rings is 1. The highest BCUT2D eigenvalue weighted by Gasteiger charge is 2.25. The van der Waals surface area contributed by atoms with E-state index in [1.54, 1.807) is 0 Å². The van der Waals surface area contributed by atoms with Gasteiger partial charge in [-0.2, -0.15) is 9.61 Å². The Labute approximate surface area is 211 Å². The quantitative estimate of drug-likeness (QED) is 0.442. The zero-order valence-corrected chi connectivity index (χ0v) is 20.8. The summed E-state index contributed by atoms with van der Waals surface area (Å²) in [6, 6.07) is 8.65. The molecule has 2 aromatic heterocycles. The summed E-state index contributed by atoms with van der Waals surface area (Å²) in [6.07, 6.45) is 8.31. The molecule has 9 heteroatoms. The molecule has 1 saturated carbocycles. The lowest BCUT2D eigenvalue weighted by atomic mass is 10.0. The highest BCUT2D eigenvalue weighted by Crippen LogP contribution is 2.30. The zero-order valence-electron chi connectivity index (χ0n) is 20.8. The Hall–Kier alpha value is -3.17. The molecule has 2 aliphatic heterocycles. The Morgan fingerprint density at radius 3 is 2.69 bits per heavy atom. The summed E-state index contributed by atoms with van der Waals surface area (Å²) in [4.78, 5) is 17.6. The summed E-state index contributed by atoms with van der Waals surface area (Å²) in [6.45, 7) is 5.07. The van der Waals surface area contributed by atoms with Crippen LogP contribution in [0.15, 0.2) is 30.5 Å². The van der Waals surface area contributed by atoms with Crippen LogP contribution in [0, 0.1) is 6.92 Å². The molecular weight excluding hydrogens is 456 g/mol. The Bertz CT molecular complexity index is 1240. The summed E-state index contributed by atoms with van der Waals surface area (Å²) >= 11 is 0. The second kappa shape index (κ2) is 10.1. The van der Waals surface area contributed by atoms with Gasteiger partial charge in [0, 0.05) is 55.6 Å². The van der Waals surface area contributed by atoms with Crippen LogP contribution in [0.5, 0.6) is 0 Å². The third kappa shape index (κ3) is 5.03. The molecule has 6 rings (SSSR count). The highest BCUT2D eigenvalue weighted by molar-refractivity contribution is 5.97. The van der Waals surface area contributed by atoms with E-state index in [0.717, 1.165) is 104 Å². The van der Waals surface area contributed by atoms with Crippen LogP contribution in [0.3, 0.4) is 0 Å². The van der Waals surface area contributed by atoms with Crippen LogP contribution < -0.4 is 16.0 Å². The van der Waals surface area contributed by atoms with Gasteiger partial charge in [0.25, 0.3) is 5.91 Å². The van der Waals surface area contributed by atoms with Crippen LogP contribution in [0.2, 0.25) is 0 Å². The first-order chi connectivity index (χ1) is 17.6. The number of carbonyl (C=O) groups is 1. The van der Waals surface area contributed by atoms with E-state index in [1.165, 1.54) is 0 Å². The van der Waals surface area contributed by atoms with Crippen molar-refractivity contribution in [1.82, 2.24) is 19.9 Å². The number of rotatable bonds is 8. The van der Waals surface area contributed by atoms with Gasteiger partial charge in [0.15, 0.2) is 5.65 Å². The molecule has 3 aliphatic rings. The SMILES string of the molecule is Cc1cc(-c2cnn3c(NC[C@H]4CCCO4)cc(NC4CCOCC4)nc23)ccc1C(=O)NC1CC1. The molecule has 0 unspecified atom stereocenters. The Balaban J connectivity index is 1.32. The summed E-state index contributed by atoms with van der Waals surface area (Å²) in [5.74, 6) is 1.71. The van der Waals surface area contributed by atoms with E-state index in [2.05, 4.69) is 27.1 Å². The van der Waals surface area contributed by atoms with Crippen LogP contribution in [-0.2, 0) is 9.47 Å². The maximum Gasteiger partial charge on any atom is 0.251 e. The van der Waals surface area contributed by atoms with Gasteiger partial charge in [0.1, 0.15) is 11.6 Å². The van der Waals surface area contributed by atoms with E-state index >= 15 is 0 Å². The van der Waals surface area contributed by atoms with Crippen molar-refractivity contribution < 1.29 is 14.3 Å². The summed E-state index contributed by atoms with van der Waals surface area (Å²) in [5.41, 5.74) is 4.36. The van der Waals surface area contributed by atoms with Gasteiger partial charge in [0.05, 0.1) is 12.3 Å². The molecule has 3 N–H and O–H groups in total. The van der Waals surface area contributed by atoms with Crippen molar-refractivity contribution in [3.05, 3.63) is 41.6 Å². The minimum atomic E-state index is 0.00287. The smallest absolute Gasteiger partial charge is 0.251 e. The number of nitrogens with one attached hydrogen (secondary N) is 3. The predicted octanol–water partition coefficient (Wildman–Crippen LogP) is 3.78.